The van der Waals surface area contributed by atoms with Crippen LogP contribution in [0.2, 0.25) is 0 Å². The molecule has 270 valence electrons. The fourth-order valence-electron chi connectivity index (χ4n) is 7.60. The third kappa shape index (κ3) is 5.65. The van der Waals surface area contributed by atoms with Gasteiger partial charge in [0.25, 0.3) is 0 Å². The molecule has 1 N–H and O–H groups in total. The molecular weight excluding hydrogens is 678 g/mol. The number of aromatic nitrogens is 3. The Labute approximate surface area is 307 Å². The molecule has 2 atom stereocenters. The molecule has 12 heteroatoms. The van der Waals surface area contributed by atoms with Gasteiger partial charge in [0.1, 0.15) is 23.0 Å². The van der Waals surface area contributed by atoms with Crippen LogP contribution in [-0.2, 0) is 14.0 Å². The Morgan fingerprint density at radius 1 is 1.02 bits per heavy atom. The molecular formula is C40H44BFN4O5S. The Morgan fingerprint density at radius 3 is 2.50 bits per heavy atom. The summed E-state index contributed by atoms with van der Waals surface area (Å²) in [4.78, 5) is 25.4. The first-order valence-corrected chi connectivity index (χ1v) is 19.1. The largest absolute Gasteiger partial charge is 0.495 e. The molecule has 3 aromatic heterocycles. The second kappa shape index (κ2) is 11.7. The number of thiophene rings is 1. The SMILES string of the molecule is CC(C)(C)OC(=O)N1CCCC1c1ncc(-c2ccc3c(c2)cc2n3C(c3ccc(C4CC4)s3)Oc3cc(B4OC(C)(C)C(C)(C)O4)cc(F)c3-2)[nH]1. The van der Waals surface area contributed by atoms with Crippen molar-refractivity contribution >= 4 is 40.9 Å². The molecule has 2 saturated heterocycles. The van der Waals surface area contributed by atoms with Gasteiger partial charge >= 0.3 is 13.2 Å². The number of carbonyl (C=O) groups is 1. The van der Waals surface area contributed by atoms with Crippen molar-refractivity contribution in [3.05, 3.63) is 76.1 Å². The Hall–Kier alpha value is -4.13. The lowest BCUT2D eigenvalue weighted by molar-refractivity contribution is 0.00578. The first-order chi connectivity index (χ1) is 24.7. The third-order valence-electron chi connectivity index (χ3n) is 11.1. The minimum atomic E-state index is -0.717. The van der Waals surface area contributed by atoms with Crippen LogP contribution in [0.3, 0.4) is 0 Å². The highest BCUT2D eigenvalue weighted by molar-refractivity contribution is 7.12. The van der Waals surface area contributed by atoms with Crippen molar-refractivity contribution in [3.8, 4) is 28.3 Å². The minimum absolute atomic E-state index is 0.181. The number of amides is 1. The summed E-state index contributed by atoms with van der Waals surface area (Å²) >= 11 is 1.77. The number of aromatic amines is 1. The number of rotatable bonds is 5. The number of likely N-dealkylation sites (tertiary alicyclic amines) is 1. The normalized spacial score (nSPS) is 22.1. The highest BCUT2D eigenvalue weighted by Gasteiger charge is 2.52. The van der Waals surface area contributed by atoms with E-state index in [-0.39, 0.29) is 18.0 Å². The minimum Gasteiger partial charge on any atom is -0.464 e. The molecule has 6 heterocycles. The van der Waals surface area contributed by atoms with E-state index in [4.69, 9.17) is 23.8 Å². The van der Waals surface area contributed by atoms with Gasteiger partial charge in [-0.15, -0.1) is 11.3 Å². The van der Waals surface area contributed by atoms with E-state index in [0.29, 0.717) is 29.2 Å². The van der Waals surface area contributed by atoms with Gasteiger partial charge in [0.05, 0.1) is 50.8 Å². The molecule has 1 aliphatic carbocycles. The molecule has 0 radical (unpaired) electrons. The Kier molecular flexibility index (Phi) is 7.57. The zero-order valence-corrected chi connectivity index (χ0v) is 31.5. The van der Waals surface area contributed by atoms with E-state index in [1.54, 1.807) is 16.2 Å². The smallest absolute Gasteiger partial charge is 0.464 e. The topological polar surface area (TPSA) is 90.8 Å². The van der Waals surface area contributed by atoms with Crippen molar-refractivity contribution in [2.75, 3.05) is 6.54 Å². The van der Waals surface area contributed by atoms with Crippen LogP contribution in [0, 0.1) is 5.82 Å². The van der Waals surface area contributed by atoms with Gasteiger partial charge in [0.2, 0.25) is 6.23 Å². The third-order valence-corrected chi connectivity index (χ3v) is 12.4. The summed E-state index contributed by atoms with van der Waals surface area (Å²) in [6, 6.07) is 15.9. The number of halogens is 1. The number of imidazole rings is 1. The number of nitrogens with one attached hydrogen (secondary N) is 1. The molecule has 4 aliphatic rings. The number of H-pyrrole nitrogens is 1. The average Bonchev–Trinajstić information content (AvgIpc) is 3.53. The molecule has 2 aromatic carbocycles. The van der Waals surface area contributed by atoms with Crippen molar-refractivity contribution < 1.29 is 28.0 Å². The van der Waals surface area contributed by atoms with Gasteiger partial charge < -0.3 is 23.8 Å². The Morgan fingerprint density at radius 2 is 1.77 bits per heavy atom. The maximum absolute atomic E-state index is 16.4. The summed E-state index contributed by atoms with van der Waals surface area (Å²) in [5, 5.41) is 0.953. The number of nitrogens with zero attached hydrogens (tertiary/aromatic N) is 3. The molecule has 2 unspecified atom stereocenters. The molecule has 0 spiro atoms. The maximum Gasteiger partial charge on any atom is 0.495 e. The number of hydrogen-bond donors (Lipinski definition) is 1. The zero-order valence-electron chi connectivity index (χ0n) is 30.7. The standard InChI is InChI=1S/C40H44BFN4O5S/c1-38(2,3)49-37(47)45-16-8-9-29(45)35-43-21-27(44-35)23-12-13-28-24(17-23)18-30-34-26(42)19-25(41-50-39(4,5)40(6,7)51-41)20-31(34)48-36(46(28)30)33-15-14-32(52-33)22-10-11-22/h12-15,17-22,29,36H,8-11,16H2,1-7H3,(H,43,44). The number of fused-ring (bicyclic) bond motifs is 5. The van der Waals surface area contributed by atoms with Gasteiger partial charge in [-0.25, -0.2) is 14.2 Å². The van der Waals surface area contributed by atoms with Crippen LogP contribution in [-0.4, -0.2) is 56.0 Å². The van der Waals surface area contributed by atoms with Crippen LogP contribution in [0.15, 0.2) is 54.7 Å². The molecule has 3 aliphatic heterocycles. The number of hydrogen-bond acceptors (Lipinski definition) is 7. The number of ether oxygens (including phenoxy) is 2. The predicted octanol–water partition coefficient (Wildman–Crippen LogP) is 9.09. The summed E-state index contributed by atoms with van der Waals surface area (Å²) in [5.41, 5.74) is 2.80. The molecule has 1 saturated carbocycles. The lowest BCUT2D eigenvalue weighted by atomic mass is 9.78. The molecule has 1 amide bonds. The van der Waals surface area contributed by atoms with Gasteiger partial charge in [0, 0.05) is 22.4 Å². The monoisotopic (exact) mass is 722 g/mol. The Bertz CT molecular complexity index is 2210. The number of benzene rings is 2. The highest BCUT2D eigenvalue weighted by Crippen LogP contribution is 2.49. The molecule has 5 aromatic rings. The predicted molar refractivity (Wildman–Crippen MR) is 201 cm³/mol. The van der Waals surface area contributed by atoms with Gasteiger partial charge in [-0.3, -0.25) is 9.47 Å². The summed E-state index contributed by atoms with van der Waals surface area (Å²) < 4.78 is 43.7. The van der Waals surface area contributed by atoms with Gasteiger partial charge in [-0.1, -0.05) is 6.07 Å². The second-order valence-corrected chi connectivity index (χ2v) is 17.8. The lowest BCUT2D eigenvalue weighted by Crippen LogP contribution is -2.41. The molecule has 3 fully saturated rings. The second-order valence-electron chi connectivity index (χ2n) is 16.6. The first-order valence-electron chi connectivity index (χ1n) is 18.3. The van der Waals surface area contributed by atoms with Crippen LogP contribution >= 0.6 is 11.3 Å². The van der Waals surface area contributed by atoms with Gasteiger partial charge in [0.15, 0.2) is 0 Å². The lowest BCUT2D eigenvalue weighted by Gasteiger charge is -2.32. The van der Waals surface area contributed by atoms with Crippen LogP contribution in [0.5, 0.6) is 5.75 Å². The van der Waals surface area contributed by atoms with Crippen molar-refractivity contribution in [1.29, 1.82) is 0 Å². The molecule has 0 bridgehead atoms. The van der Waals surface area contributed by atoms with Crippen LogP contribution < -0.4 is 10.2 Å². The summed E-state index contributed by atoms with van der Waals surface area (Å²) in [6.45, 7) is 14.2. The van der Waals surface area contributed by atoms with Gasteiger partial charge in [-0.2, -0.15) is 0 Å². The molecule has 9 rings (SSSR count). The van der Waals surface area contributed by atoms with Gasteiger partial charge in [-0.05, 0) is 128 Å². The van der Waals surface area contributed by atoms with E-state index in [2.05, 4.69) is 45.9 Å². The molecule has 52 heavy (non-hydrogen) atoms. The van der Waals surface area contributed by atoms with E-state index >= 15 is 4.39 Å². The quantitative estimate of drug-likeness (QED) is 0.182. The fraction of sp³-hybridized carbons (Fsp3) is 0.450. The van der Waals surface area contributed by atoms with E-state index in [1.807, 2.05) is 60.7 Å². The molecule has 9 nitrogen and oxygen atoms in total. The van der Waals surface area contributed by atoms with Crippen molar-refractivity contribution in [1.82, 2.24) is 19.4 Å². The van der Waals surface area contributed by atoms with Crippen molar-refractivity contribution in [2.24, 2.45) is 0 Å². The number of carbonyl (C=O) groups excluding carboxylic acids is 1. The summed E-state index contributed by atoms with van der Waals surface area (Å²) in [7, 11) is -0.717. The van der Waals surface area contributed by atoms with E-state index in [9.17, 15) is 4.79 Å². The maximum atomic E-state index is 16.4. The zero-order chi connectivity index (χ0) is 36.3. The van der Waals surface area contributed by atoms with Crippen LogP contribution in [0.1, 0.15) is 108 Å². The van der Waals surface area contributed by atoms with Crippen molar-refractivity contribution in [2.45, 2.75) is 109 Å². The first kappa shape index (κ1) is 33.7. The van der Waals surface area contributed by atoms with Crippen LogP contribution in [0.25, 0.3) is 33.4 Å². The van der Waals surface area contributed by atoms with E-state index in [1.165, 1.54) is 23.8 Å². The van der Waals surface area contributed by atoms with Crippen LogP contribution in [0.4, 0.5) is 9.18 Å². The van der Waals surface area contributed by atoms with E-state index in [0.717, 1.165) is 51.4 Å². The summed E-state index contributed by atoms with van der Waals surface area (Å²) in [6.07, 6.45) is 5.15. The fourth-order valence-corrected chi connectivity index (χ4v) is 8.80. The average molecular weight is 723 g/mol. The highest BCUT2D eigenvalue weighted by atomic mass is 32.1. The van der Waals surface area contributed by atoms with E-state index < -0.39 is 30.1 Å². The Balaban J connectivity index is 1.10. The van der Waals surface area contributed by atoms with Crippen molar-refractivity contribution in [3.63, 3.8) is 0 Å². The summed E-state index contributed by atoms with van der Waals surface area (Å²) in [5.74, 6) is 1.43.